The molecule has 0 aromatic rings. The first-order chi connectivity index (χ1) is 8.29. The van der Waals surface area contributed by atoms with Gasteiger partial charge in [-0.2, -0.15) is 0 Å². The summed E-state index contributed by atoms with van der Waals surface area (Å²) in [4.78, 5) is 4.94. The van der Waals surface area contributed by atoms with Gasteiger partial charge in [-0.15, -0.1) is 0 Å². The molecule has 2 unspecified atom stereocenters. The molecular formula is C12H25N3O2. The molecule has 2 aliphatic rings. The standard InChI is InChI=1S/C12H25N3O2/c1-17-10-12(16)9-14-5-2-11(8-14)15-6-3-13-4-7-15/h11-13,16H,2-10H2,1H3. The molecule has 5 heteroatoms. The van der Waals surface area contributed by atoms with Gasteiger partial charge >= 0.3 is 0 Å². The van der Waals surface area contributed by atoms with Crippen LogP contribution >= 0.6 is 0 Å². The summed E-state index contributed by atoms with van der Waals surface area (Å²) in [5.41, 5.74) is 0. The zero-order chi connectivity index (χ0) is 12.1. The van der Waals surface area contributed by atoms with E-state index in [9.17, 15) is 5.11 Å². The van der Waals surface area contributed by atoms with Crippen molar-refractivity contribution in [1.82, 2.24) is 15.1 Å². The van der Waals surface area contributed by atoms with E-state index in [0.29, 0.717) is 12.6 Å². The van der Waals surface area contributed by atoms with Crippen molar-refractivity contribution in [3.63, 3.8) is 0 Å². The molecule has 17 heavy (non-hydrogen) atoms. The molecule has 0 amide bonds. The van der Waals surface area contributed by atoms with Crippen molar-refractivity contribution in [2.24, 2.45) is 0 Å². The van der Waals surface area contributed by atoms with Crippen LogP contribution in [0.5, 0.6) is 0 Å². The third-order valence-corrected chi connectivity index (χ3v) is 3.74. The van der Waals surface area contributed by atoms with Gasteiger partial charge in [0.25, 0.3) is 0 Å². The predicted octanol–water partition coefficient (Wildman–Crippen LogP) is -1.03. The number of nitrogens with one attached hydrogen (secondary N) is 1. The largest absolute Gasteiger partial charge is 0.389 e. The third kappa shape index (κ3) is 3.89. The topological polar surface area (TPSA) is 48.0 Å². The van der Waals surface area contributed by atoms with E-state index in [1.807, 2.05) is 0 Å². The number of aliphatic hydroxyl groups is 1. The molecule has 100 valence electrons. The van der Waals surface area contributed by atoms with Gasteiger partial charge in [0.2, 0.25) is 0 Å². The maximum absolute atomic E-state index is 9.72. The van der Waals surface area contributed by atoms with E-state index < -0.39 is 0 Å². The summed E-state index contributed by atoms with van der Waals surface area (Å²) in [6.07, 6.45) is 0.890. The van der Waals surface area contributed by atoms with Crippen LogP contribution in [0.15, 0.2) is 0 Å². The summed E-state index contributed by atoms with van der Waals surface area (Å²) in [6.45, 7) is 7.95. The summed E-state index contributed by atoms with van der Waals surface area (Å²) in [7, 11) is 1.64. The quantitative estimate of drug-likeness (QED) is 0.647. The maximum atomic E-state index is 9.72. The highest BCUT2D eigenvalue weighted by molar-refractivity contribution is 4.86. The molecule has 0 bridgehead atoms. The molecule has 2 atom stereocenters. The molecular weight excluding hydrogens is 218 g/mol. The SMILES string of the molecule is COCC(O)CN1CCC(N2CCNCC2)C1. The Morgan fingerprint density at radius 2 is 2.12 bits per heavy atom. The van der Waals surface area contributed by atoms with Crippen LogP contribution in [0.25, 0.3) is 0 Å². The van der Waals surface area contributed by atoms with Crippen molar-refractivity contribution in [2.75, 3.05) is 59.5 Å². The molecule has 2 fully saturated rings. The lowest BCUT2D eigenvalue weighted by Crippen LogP contribution is -2.49. The first-order valence-electron chi connectivity index (χ1n) is 6.63. The first-order valence-corrected chi connectivity index (χ1v) is 6.63. The number of aliphatic hydroxyl groups excluding tert-OH is 1. The number of ether oxygens (including phenoxy) is 1. The molecule has 0 aromatic heterocycles. The van der Waals surface area contributed by atoms with Crippen LogP contribution in [0.3, 0.4) is 0 Å². The van der Waals surface area contributed by atoms with Crippen molar-refractivity contribution >= 4 is 0 Å². The fourth-order valence-electron chi connectivity index (χ4n) is 2.87. The predicted molar refractivity (Wildman–Crippen MR) is 67.2 cm³/mol. The van der Waals surface area contributed by atoms with Crippen molar-refractivity contribution in [1.29, 1.82) is 0 Å². The van der Waals surface area contributed by atoms with Gasteiger partial charge in [-0.3, -0.25) is 9.80 Å². The highest BCUT2D eigenvalue weighted by Crippen LogP contribution is 2.16. The average molecular weight is 243 g/mol. The zero-order valence-electron chi connectivity index (χ0n) is 10.8. The van der Waals surface area contributed by atoms with Gasteiger partial charge in [-0.05, 0) is 13.0 Å². The fraction of sp³-hybridized carbons (Fsp3) is 1.00. The number of nitrogens with zero attached hydrogens (tertiary/aromatic N) is 2. The Bertz CT molecular complexity index is 222. The lowest BCUT2D eigenvalue weighted by atomic mass is 10.2. The molecule has 0 saturated carbocycles. The minimum absolute atomic E-state index is 0.346. The van der Waals surface area contributed by atoms with Crippen LogP contribution in [0.2, 0.25) is 0 Å². The van der Waals surface area contributed by atoms with Gasteiger partial charge in [0.15, 0.2) is 0 Å². The number of β-amino-alcohol motifs (C(OH)–C–C–N with tert-alkyl or cyclic N) is 1. The fourth-order valence-corrected chi connectivity index (χ4v) is 2.87. The van der Waals surface area contributed by atoms with Crippen LogP contribution in [0.1, 0.15) is 6.42 Å². The first kappa shape index (κ1) is 13.2. The Morgan fingerprint density at radius 3 is 2.82 bits per heavy atom. The van der Waals surface area contributed by atoms with E-state index in [0.717, 1.165) is 32.7 Å². The molecule has 2 saturated heterocycles. The second-order valence-electron chi connectivity index (χ2n) is 5.10. The van der Waals surface area contributed by atoms with Gasteiger partial charge < -0.3 is 15.2 Å². The van der Waals surface area contributed by atoms with Crippen LogP contribution < -0.4 is 5.32 Å². The van der Waals surface area contributed by atoms with Gasteiger partial charge in [-0.25, -0.2) is 0 Å². The number of methoxy groups -OCH3 is 1. The lowest BCUT2D eigenvalue weighted by Gasteiger charge is -2.32. The van der Waals surface area contributed by atoms with E-state index in [-0.39, 0.29) is 6.10 Å². The Hall–Kier alpha value is -0.200. The molecule has 2 rings (SSSR count). The molecule has 2 aliphatic heterocycles. The molecule has 0 aromatic carbocycles. The summed E-state index contributed by atoms with van der Waals surface area (Å²) >= 11 is 0. The average Bonchev–Trinajstić information content (AvgIpc) is 2.79. The van der Waals surface area contributed by atoms with Crippen molar-refractivity contribution < 1.29 is 9.84 Å². The van der Waals surface area contributed by atoms with E-state index in [4.69, 9.17) is 4.74 Å². The third-order valence-electron chi connectivity index (χ3n) is 3.74. The number of piperazine rings is 1. The van der Waals surface area contributed by atoms with Gasteiger partial charge in [0.05, 0.1) is 12.7 Å². The second-order valence-corrected chi connectivity index (χ2v) is 5.10. The normalized spacial score (nSPS) is 29.6. The minimum atomic E-state index is -0.346. The molecule has 2 heterocycles. The van der Waals surface area contributed by atoms with E-state index in [1.165, 1.54) is 19.5 Å². The maximum Gasteiger partial charge on any atom is 0.0900 e. The summed E-state index contributed by atoms with van der Waals surface area (Å²) in [6, 6.07) is 0.687. The highest BCUT2D eigenvalue weighted by atomic mass is 16.5. The summed E-state index contributed by atoms with van der Waals surface area (Å²) in [5, 5.41) is 13.1. The molecule has 0 aliphatic carbocycles. The number of hydrogen-bond donors (Lipinski definition) is 2. The van der Waals surface area contributed by atoms with Crippen molar-refractivity contribution in [2.45, 2.75) is 18.6 Å². The van der Waals surface area contributed by atoms with Gasteiger partial charge in [-0.1, -0.05) is 0 Å². The summed E-state index contributed by atoms with van der Waals surface area (Å²) < 4.78 is 4.96. The van der Waals surface area contributed by atoms with Crippen molar-refractivity contribution in [3.8, 4) is 0 Å². The van der Waals surface area contributed by atoms with Gasteiger partial charge in [0.1, 0.15) is 0 Å². The van der Waals surface area contributed by atoms with Crippen LogP contribution in [0.4, 0.5) is 0 Å². The Morgan fingerprint density at radius 1 is 1.35 bits per heavy atom. The molecule has 2 N–H and O–H groups in total. The van der Waals surface area contributed by atoms with Crippen molar-refractivity contribution in [3.05, 3.63) is 0 Å². The summed E-state index contributed by atoms with van der Waals surface area (Å²) in [5.74, 6) is 0. The Labute approximate surface area is 104 Å². The number of hydrogen-bond acceptors (Lipinski definition) is 5. The van der Waals surface area contributed by atoms with Crippen LogP contribution in [-0.2, 0) is 4.74 Å². The lowest BCUT2D eigenvalue weighted by molar-refractivity contribution is 0.0408. The highest BCUT2D eigenvalue weighted by Gasteiger charge is 2.29. The Balaban J connectivity index is 1.71. The molecule has 0 radical (unpaired) electrons. The van der Waals surface area contributed by atoms with E-state index in [2.05, 4.69) is 15.1 Å². The van der Waals surface area contributed by atoms with Gasteiger partial charge in [0, 0.05) is 52.4 Å². The number of likely N-dealkylation sites (tertiary alicyclic amines) is 1. The minimum Gasteiger partial charge on any atom is -0.389 e. The van der Waals surface area contributed by atoms with E-state index in [1.54, 1.807) is 7.11 Å². The number of rotatable bonds is 5. The Kier molecular flexibility index (Phi) is 5.18. The smallest absolute Gasteiger partial charge is 0.0900 e. The molecule has 5 nitrogen and oxygen atoms in total. The zero-order valence-corrected chi connectivity index (χ0v) is 10.8. The monoisotopic (exact) mass is 243 g/mol. The van der Waals surface area contributed by atoms with Crippen LogP contribution in [0, 0.1) is 0 Å². The van der Waals surface area contributed by atoms with E-state index >= 15 is 0 Å². The second kappa shape index (κ2) is 6.66. The molecule has 0 spiro atoms. The van der Waals surface area contributed by atoms with Crippen LogP contribution in [-0.4, -0.2) is 86.6 Å².